The van der Waals surface area contributed by atoms with Gasteiger partial charge in [0.1, 0.15) is 0 Å². The Morgan fingerprint density at radius 1 is 1.21 bits per heavy atom. The highest BCUT2D eigenvalue weighted by Gasteiger charge is 2.21. The summed E-state index contributed by atoms with van der Waals surface area (Å²) in [4.78, 5) is 0. The Morgan fingerprint density at radius 3 is 2.95 bits per heavy atom. The van der Waals surface area contributed by atoms with E-state index >= 15 is 0 Å². The molecule has 0 fully saturated rings. The van der Waals surface area contributed by atoms with Crippen LogP contribution in [0.25, 0.3) is 0 Å². The van der Waals surface area contributed by atoms with Crippen molar-refractivity contribution < 1.29 is 4.74 Å². The van der Waals surface area contributed by atoms with Crippen LogP contribution in [0.15, 0.2) is 41.1 Å². The molecule has 0 amide bonds. The zero-order valence-corrected chi connectivity index (χ0v) is 12.1. The molecule has 1 heterocycles. The molecule has 0 radical (unpaired) electrons. The van der Waals surface area contributed by atoms with Crippen molar-refractivity contribution in [3.05, 3.63) is 52.3 Å². The highest BCUT2D eigenvalue weighted by atomic mass is 79.9. The molecule has 1 aromatic heterocycles. The molecule has 19 heavy (non-hydrogen) atoms. The van der Waals surface area contributed by atoms with Gasteiger partial charge in [0.2, 0.25) is 0 Å². The average Bonchev–Trinajstić information content (AvgIpc) is 2.85. The number of rotatable bonds is 4. The standard InChI is InChI=1S/C15H15BrN2O/c16-14-9-17-18-10-15(14)19-8-7-12-6-5-11-3-1-2-4-13(11)12/h1-4,9-10,12H,5-8H2. The van der Waals surface area contributed by atoms with E-state index in [1.54, 1.807) is 12.4 Å². The molecule has 1 unspecified atom stereocenters. The molecule has 4 heteroatoms. The van der Waals surface area contributed by atoms with E-state index in [4.69, 9.17) is 4.74 Å². The Kier molecular flexibility index (Phi) is 3.78. The number of hydrogen-bond donors (Lipinski definition) is 0. The Balaban J connectivity index is 1.58. The van der Waals surface area contributed by atoms with Gasteiger partial charge in [-0.05, 0) is 52.2 Å². The third-order valence-electron chi connectivity index (χ3n) is 3.63. The molecule has 0 bridgehead atoms. The lowest BCUT2D eigenvalue weighted by atomic mass is 9.98. The Bertz CT molecular complexity index is 574. The number of ether oxygens (including phenoxy) is 1. The monoisotopic (exact) mass is 318 g/mol. The van der Waals surface area contributed by atoms with E-state index in [-0.39, 0.29) is 0 Å². The van der Waals surface area contributed by atoms with Crippen molar-refractivity contribution in [2.75, 3.05) is 6.61 Å². The molecular formula is C15H15BrN2O. The van der Waals surface area contributed by atoms with Gasteiger partial charge in [0, 0.05) is 0 Å². The molecule has 2 aromatic rings. The zero-order chi connectivity index (χ0) is 13.1. The lowest BCUT2D eigenvalue weighted by Crippen LogP contribution is -2.04. The van der Waals surface area contributed by atoms with Crippen LogP contribution in [0.5, 0.6) is 5.75 Å². The van der Waals surface area contributed by atoms with Crippen molar-refractivity contribution in [1.82, 2.24) is 10.2 Å². The predicted molar refractivity (Wildman–Crippen MR) is 77.3 cm³/mol. The zero-order valence-electron chi connectivity index (χ0n) is 10.6. The van der Waals surface area contributed by atoms with Gasteiger partial charge in [-0.3, -0.25) is 0 Å². The highest BCUT2D eigenvalue weighted by molar-refractivity contribution is 9.10. The maximum atomic E-state index is 5.76. The van der Waals surface area contributed by atoms with Gasteiger partial charge in [-0.1, -0.05) is 24.3 Å². The van der Waals surface area contributed by atoms with Crippen LogP contribution in [-0.4, -0.2) is 16.8 Å². The molecule has 1 aromatic carbocycles. The lowest BCUT2D eigenvalue weighted by molar-refractivity contribution is 0.293. The number of aromatic nitrogens is 2. The molecule has 1 aliphatic rings. The fourth-order valence-electron chi connectivity index (χ4n) is 2.66. The van der Waals surface area contributed by atoms with Crippen LogP contribution in [0.1, 0.15) is 29.9 Å². The third kappa shape index (κ3) is 2.78. The Morgan fingerprint density at radius 2 is 2.05 bits per heavy atom. The molecule has 3 nitrogen and oxygen atoms in total. The van der Waals surface area contributed by atoms with Gasteiger partial charge in [0.05, 0.1) is 23.5 Å². The second kappa shape index (κ2) is 5.70. The summed E-state index contributed by atoms with van der Waals surface area (Å²) in [5, 5.41) is 7.61. The van der Waals surface area contributed by atoms with Crippen LogP contribution in [0.3, 0.4) is 0 Å². The van der Waals surface area contributed by atoms with E-state index in [1.165, 1.54) is 24.0 Å². The van der Waals surface area contributed by atoms with E-state index in [0.717, 1.165) is 16.6 Å². The molecule has 0 saturated heterocycles. The van der Waals surface area contributed by atoms with Crippen LogP contribution in [0.4, 0.5) is 0 Å². The van der Waals surface area contributed by atoms with Gasteiger partial charge >= 0.3 is 0 Å². The average molecular weight is 319 g/mol. The van der Waals surface area contributed by atoms with Crippen LogP contribution in [0.2, 0.25) is 0 Å². The topological polar surface area (TPSA) is 35.0 Å². The van der Waals surface area contributed by atoms with Gasteiger partial charge in [0.15, 0.2) is 5.75 Å². The minimum absolute atomic E-state index is 0.629. The number of nitrogens with zero attached hydrogens (tertiary/aromatic N) is 2. The lowest BCUT2D eigenvalue weighted by Gasteiger charge is -2.12. The van der Waals surface area contributed by atoms with Gasteiger partial charge in [-0.2, -0.15) is 10.2 Å². The number of aryl methyl sites for hydroxylation is 1. The van der Waals surface area contributed by atoms with E-state index < -0.39 is 0 Å². The maximum absolute atomic E-state index is 5.76. The van der Waals surface area contributed by atoms with E-state index in [0.29, 0.717) is 12.5 Å². The number of benzene rings is 1. The van der Waals surface area contributed by atoms with Crippen molar-refractivity contribution in [2.45, 2.75) is 25.2 Å². The maximum Gasteiger partial charge on any atom is 0.155 e. The molecule has 0 N–H and O–H groups in total. The quantitative estimate of drug-likeness (QED) is 0.861. The first-order chi connectivity index (χ1) is 9.34. The van der Waals surface area contributed by atoms with Crippen molar-refractivity contribution in [3.8, 4) is 5.75 Å². The summed E-state index contributed by atoms with van der Waals surface area (Å²) >= 11 is 3.41. The van der Waals surface area contributed by atoms with Crippen molar-refractivity contribution in [3.63, 3.8) is 0 Å². The Labute approximate surface area is 121 Å². The van der Waals surface area contributed by atoms with Gasteiger partial charge in [-0.15, -0.1) is 0 Å². The minimum Gasteiger partial charge on any atom is -0.491 e. The summed E-state index contributed by atoms with van der Waals surface area (Å²) in [6.45, 7) is 0.712. The summed E-state index contributed by atoms with van der Waals surface area (Å²) in [7, 11) is 0. The molecule has 98 valence electrons. The van der Waals surface area contributed by atoms with E-state index in [1.807, 2.05) is 0 Å². The first-order valence-electron chi connectivity index (χ1n) is 6.51. The van der Waals surface area contributed by atoms with Crippen molar-refractivity contribution >= 4 is 15.9 Å². The smallest absolute Gasteiger partial charge is 0.155 e. The predicted octanol–water partition coefficient (Wildman–Crippen LogP) is 3.74. The van der Waals surface area contributed by atoms with Crippen molar-refractivity contribution in [1.29, 1.82) is 0 Å². The summed E-state index contributed by atoms with van der Waals surface area (Å²) < 4.78 is 6.62. The van der Waals surface area contributed by atoms with Gasteiger partial charge in [0.25, 0.3) is 0 Å². The molecule has 0 spiro atoms. The van der Waals surface area contributed by atoms with Crippen LogP contribution < -0.4 is 4.74 Å². The molecule has 0 aliphatic heterocycles. The number of halogens is 1. The van der Waals surface area contributed by atoms with Gasteiger partial charge in [-0.25, -0.2) is 0 Å². The summed E-state index contributed by atoms with van der Waals surface area (Å²) in [5.74, 6) is 1.39. The fraction of sp³-hybridized carbons (Fsp3) is 0.333. The van der Waals surface area contributed by atoms with Crippen LogP contribution >= 0.6 is 15.9 Å². The molecule has 3 rings (SSSR count). The SMILES string of the molecule is Brc1cnncc1OCCC1CCc2ccccc21. The largest absolute Gasteiger partial charge is 0.491 e. The second-order valence-corrected chi connectivity index (χ2v) is 5.63. The summed E-state index contributed by atoms with van der Waals surface area (Å²) in [5.41, 5.74) is 3.00. The molecule has 1 atom stereocenters. The van der Waals surface area contributed by atoms with Crippen LogP contribution in [-0.2, 0) is 6.42 Å². The first kappa shape index (κ1) is 12.6. The number of hydrogen-bond acceptors (Lipinski definition) is 3. The molecular weight excluding hydrogens is 304 g/mol. The molecule has 0 saturated carbocycles. The second-order valence-electron chi connectivity index (χ2n) is 4.77. The third-order valence-corrected chi connectivity index (χ3v) is 4.22. The normalized spacial score (nSPS) is 17.2. The fourth-order valence-corrected chi connectivity index (χ4v) is 2.97. The summed E-state index contributed by atoms with van der Waals surface area (Å²) in [6, 6.07) is 8.73. The molecule has 1 aliphatic carbocycles. The van der Waals surface area contributed by atoms with E-state index in [2.05, 4.69) is 50.4 Å². The summed E-state index contributed by atoms with van der Waals surface area (Å²) in [6.07, 6.45) is 6.78. The van der Waals surface area contributed by atoms with Gasteiger partial charge < -0.3 is 4.74 Å². The first-order valence-corrected chi connectivity index (χ1v) is 7.30. The highest BCUT2D eigenvalue weighted by Crippen LogP contribution is 2.35. The van der Waals surface area contributed by atoms with Crippen LogP contribution in [0, 0.1) is 0 Å². The van der Waals surface area contributed by atoms with Crippen molar-refractivity contribution in [2.24, 2.45) is 0 Å². The Hall–Kier alpha value is -1.42. The number of fused-ring (bicyclic) bond motifs is 1. The van der Waals surface area contributed by atoms with E-state index in [9.17, 15) is 0 Å². The minimum atomic E-state index is 0.629.